The molecule has 0 atom stereocenters. The lowest BCUT2D eigenvalue weighted by molar-refractivity contribution is 1.97. The lowest BCUT2D eigenvalue weighted by atomic mass is 9.12. The maximum absolute atomic E-state index is 2.24. The zero-order valence-electron chi connectivity index (χ0n) is 5.15. The molecule has 0 aliphatic heterocycles. The molecule has 2 heteroatoms. The highest BCUT2D eigenvalue weighted by atomic mass is 13.3. The molecule has 0 aromatic heterocycles. The van der Waals surface area contributed by atoms with Gasteiger partial charge in [-0.1, -0.05) is 27.3 Å². The minimum Gasteiger partial charge on any atom is -0.0922 e. The van der Waals surface area contributed by atoms with Crippen LogP contribution in [0.15, 0.2) is 0 Å². The molecule has 0 aromatic carbocycles. The van der Waals surface area contributed by atoms with Crippen LogP contribution in [0.25, 0.3) is 0 Å². The van der Waals surface area contributed by atoms with Gasteiger partial charge in [0, 0.05) is 0 Å². The number of hydrogen-bond donors (Lipinski definition) is 0. The summed E-state index contributed by atoms with van der Waals surface area (Å²) in [5.41, 5.74) is 0. The first-order chi connectivity index (χ1) is 2.64. The van der Waals surface area contributed by atoms with Gasteiger partial charge in [0.15, 0.2) is 0 Å². The van der Waals surface area contributed by atoms with Crippen molar-refractivity contribution in [3.63, 3.8) is 0 Å². The third-order valence-electron chi connectivity index (χ3n) is 1.33. The third-order valence-corrected chi connectivity index (χ3v) is 1.33. The largest absolute Gasteiger partial charge is 0.102 e. The van der Waals surface area contributed by atoms with Crippen LogP contribution < -0.4 is 0 Å². The van der Waals surface area contributed by atoms with Crippen LogP contribution in [0.3, 0.4) is 0 Å². The second kappa shape index (κ2) is 2.33. The van der Waals surface area contributed by atoms with Gasteiger partial charge in [0.2, 0.25) is 0 Å². The van der Waals surface area contributed by atoms with Crippen LogP contribution in [0.2, 0.25) is 27.3 Å². The molecule has 0 bridgehead atoms. The second-order valence-corrected chi connectivity index (χ2v) is 2.49. The summed E-state index contributed by atoms with van der Waals surface area (Å²) in [4.78, 5) is 0. The SMILES string of the molecule is CB(C)B(C)C. The van der Waals surface area contributed by atoms with Crippen molar-refractivity contribution in [2.24, 2.45) is 0 Å². The predicted octanol–water partition coefficient (Wildman–Crippen LogP) is 1.57. The Hall–Kier alpha value is 0.130. The van der Waals surface area contributed by atoms with E-state index in [-0.39, 0.29) is 0 Å². The lowest BCUT2D eigenvalue weighted by Gasteiger charge is -1.96. The molecular formula is C4H12B2. The molecule has 0 N–H and O–H groups in total. The Labute approximate surface area is 41.5 Å². The second-order valence-electron chi connectivity index (χ2n) is 2.49. The van der Waals surface area contributed by atoms with Gasteiger partial charge < -0.3 is 0 Å². The van der Waals surface area contributed by atoms with Gasteiger partial charge in [-0.2, -0.15) is 0 Å². The van der Waals surface area contributed by atoms with Gasteiger partial charge in [-0.05, 0) is 0 Å². The van der Waals surface area contributed by atoms with E-state index in [1.807, 2.05) is 0 Å². The molecule has 0 heterocycles. The van der Waals surface area contributed by atoms with Crippen molar-refractivity contribution in [3.8, 4) is 0 Å². The van der Waals surface area contributed by atoms with Crippen molar-refractivity contribution in [2.75, 3.05) is 0 Å². The first kappa shape index (κ1) is 6.13. The van der Waals surface area contributed by atoms with Crippen molar-refractivity contribution in [2.45, 2.75) is 27.3 Å². The average molecular weight is 81.8 g/mol. The number of hydrogen-bond acceptors (Lipinski definition) is 0. The van der Waals surface area contributed by atoms with Crippen LogP contribution in [-0.2, 0) is 0 Å². The highest BCUT2D eigenvalue weighted by Gasteiger charge is 2.04. The van der Waals surface area contributed by atoms with Gasteiger partial charge in [0.1, 0.15) is 13.2 Å². The van der Waals surface area contributed by atoms with Crippen LogP contribution in [0.1, 0.15) is 0 Å². The van der Waals surface area contributed by atoms with Crippen molar-refractivity contribution in [1.29, 1.82) is 0 Å². The predicted molar refractivity (Wildman–Crippen MR) is 35.0 cm³/mol. The highest BCUT2D eigenvalue weighted by molar-refractivity contribution is 7.20. The first-order valence-corrected chi connectivity index (χ1v) is 2.64. The normalized spacial score (nSPS) is 8.00. The Morgan fingerprint density at radius 1 is 0.667 bits per heavy atom. The fourth-order valence-electron chi connectivity index (χ4n) is 0. The molecule has 0 rings (SSSR count). The molecule has 34 valence electrons. The Morgan fingerprint density at radius 3 is 0.833 bits per heavy atom. The van der Waals surface area contributed by atoms with E-state index in [0.29, 0.717) is 0 Å². The van der Waals surface area contributed by atoms with E-state index in [1.54, 1.807) is 0 Å². The molecule has 0 fully saturated rings. The molecule has 0 radical (unpaired) electrons. The first-order valence-electron chi connectivity index (χ1n) is 2.64. The summed E-state index contributed by atoms with van der Waals surface area (Å²) in [7, 11) is 0. The molecule has 0 saturated carbocycles. The summed E-state index contributed by atoms with van der Waals surface area (Å²) in [6.07, 6.45) is 0. The van der Waals surface area contributed by atoms with Gasteiger partial charge in [0.05, 0.1) is 0 Å². The summed E-state index contributed by atoms with van der Waals surface area (Å²) in [6, 6.07) is 0. The molecule has 0 aromatic rings. The summed E-state index contributed by atoms with van der Waals surface area (Å²) in [6.45, 7) is 10.7. The highest BCUT2D eigenvalue weighted by Crippen LogP contribution is 1.85. The molecule has 0 saturated heterocycles. The van der Waals surface area contributed by atoms with E-state index in [2.05, 4.69) is 27.3 Å². The summed E-state index contributed by atoms with van der Waals surface area (Å²) < 4.78 is 0. The topological polar surface area (TPSA) is 0 Å². The summed E-state index contributed by atoms with van der Waals surface area (Å²) >= 11 is 0. The molecule has 0 aliphatic carbocycles. The van der Waals surface area contributed by atoms with E-state index < -0.39 is 0 Å². The van der Waals surface area contributed by atoms with Gasteiger partial charge in [-0.15, -0.1) is 0 Å². The molecule has 0 spiro atoms. The van der Waals surface area contributed by atoms with Gasteiger partial charge in [-0.25, -0.2) is 0 Å². The van der Waals surface area contributed by atoms with Crippen molar-refractivity contribution in [3.05, 3.63) is 0 Å². The van der Waals surface area contributed by atoms with Crippen LogP contribution in [-0.4, -0.2) is 13.2 Å². The lowest BCUT2D eigenvalue weighted by Crippen LogP contribution is -2.21. The van der Waals surface area contributed by atoms with Crippen molar-refractivity contribution >= 4 is 13.2 Å². The molecule has 0 nitrogen and oxygen atoms in total. The van der Waals surface area contributed by atoms with E-state index in [1.165, 1.54) is 0 Å². The minimum atomic E-state index is 0.852. The average Bonchev–Trinajstić information content (AvgIpc) is 1.36. The smallest absolute Gasteiger partial charge is 0.0922 e. The quantitative estimate of drug-likeness (QED) is 0.421. The third kappa shape index (κ3) is 2.37. The fraction of sp³-hybridized carbons (Fsp3) is 1.00. The fourth-order valence-corrected chi connectivity index (χ4v) is 0. The van der Waals surface area contributed by atoms with Crippen LogP contribution in [0, 0.1) is 0 Å². The van der Waals surface area contributed by atoms with Gasteiger partial charge >= 0.3 is 0 Å². The summed E-state index contributed by atoms with van der Waals surface area (Å²) in [5, 5.41) is 0. The van der Waals surface area contributed by atoms with Gasteiger partial charge in [0.25, 0.3) is 0 Å². The van der Waals surface area contributed by atoms with E-state index >= 15 is 0 Å². The molecular weight excluding hydrogens is 69.7 g/mol. The molecule has 0 amide bonds. The van der Waals surface area contributed by atoms with Crippen LogP contribution in [0.5, 0.6) is 0 Å². The molecule has 0 aliphatic rings. The van der Waals surface area contributed by atoms with Gasteiger partial charge in [-0.3, -0.25) is 0 Å². The Kier molecular flexibility index (Phi) is 2.38. The van der Waals surface area contributed by atoms with Crippen LogP contribution in [0.4, 0.5) is 0 Å². The molecule has 6 heavy (non-hydrogen) atoms. The standard InChI is InChI=1S/C4H12B2/c1-5(2)6(3)4/h1-4H3. The minimum absolute atomic E-state index is 0.852. The summed E-state index contributed by atoms with van der Waals surface area (Å²) in [5.74, 6) is 0. The zero-order valence-corrected chi connectivity index (χ0v) is 5.15. The Bertz CT molecular complexity index is 26.5. The Balaban J connectivity index is 2.99. The monoisotopic (exact) mass is 82.1 g/mol. The van der Waals surface area contributed by atoms with Crippen molar-refractivity contribution in [1.82, 2.24) is 0 Å². The number of rotatable bonds is 1. The van der Waals surface area contributed by atoms with Crippen molar-refractivity contribution < 1.29 is 0 Å². The maximum atomic E-state index is 2.24. The van der Waals surface area contributed by atoms with E-state index in [4.69, 9.17) is 0 Å². The maximum Gasteiger partial charge on any atom is 0.102 e. The molecule has 0 unspecified atom stereocenters. The van der Waals surface area contributed by atoms with Crippen LogP contribution >= 0.6 is 0 Å². The van der Waals surface area contributed by atoms with E-state index in [0.717, 1.165) is 13.2 Å². The zero-order chi connectivity index (χ0) is 5.15. The Morgan fingerprint density at radius 2 is 0.833 bits per heavy atom. The van der Waals surface area contributed by atoms with E-state index in [9.17, 15) is 0 Å².